The van der Waals surface area contributed by atoms with Crippen molar-refractivity contribution < 1.29 is 1.37 Å². The lowest BCUT2D eigenvalue weighted by Crippen LogP contribution is -2.03. The van der Waals surface area contributed by atoms with E-state index in [9.17, 15) is 0 Å². The van der Waals surface area contributed by atoms with E-state index < -0.39 is 0 Å². The van der Waals surface area contributed by atoms with E-state index in [0.29, 0.717) is 6.64 Å². The van der Waals surface area contributed by atoms with Crippen molar-refractivity contribution in [2.45, 2.75) is 6.92 Å². The van der Waals surface area contributed by atoms with Crippen molar-refractivity contribution in [3.63, 3.8) is 0 Å². The van der Waals surface area contributed by atoms with Gasteiger partial charge >= 0.3 is 0 Å². The van der Waals surface area contributed by atoms with Gasteiger partial charge < -0.3 is 13.7 Å². The summed E-state index contributed by atoms with van der Waals surface area (Å²) in [6.45, 7) is 2.61. The van der Waals surface area contributed by atoms with Crippen LogP contribution in [0.1, 0.15) is 6.93 Å². The maximum Gasteiger partial charge on any atom is 0.0541 e. The topological polar surface area (TPSA) is 14.8 Å². The molecule has 0 aliphatic carbocycles. The Bertz CT molecular complexity index is 4900. The van der Waals surface area contributed by atoms with Gasteiger partial charge in [0.1, 0.15) is 0 Å². The fraction of sp³-hybridized carbons (Fsp3) is 0.0256. The number of para-hydroxylation sites is 6. The lowest BCUT2D eigenvalue weighted by molar-refractivity contribution is 1.10. The van der Waals surface area contributed by atoms with Crippen LogP contribution in [0.2, 0.25) is 0 Å². The molecule has 0 saturated heterocycles. The van der Waals surface area contributed by atoms with E-state index in [4.69, 9.17) is 1.37 Å². The highest BCUT2D eigenvalue weighted by Crippen LogP contribution is 2.46. The Morgan fingerprint density at radius 1 is 0.256 bits per heavy atom. The normalized spacial score (nSPS) is 11.8. The Kier molecular flexibility index (Phi) is 11.8. The number of aryl methyl sites for hydroxylation is 1. The van der Waals surface area contributed by atoms with Gasteiger partial charge in [-0.2, -0.15) is 0 Å². The lowest BCUT2D eigenvalue weighted by atomic mass is 9.84. The molecule has 17 rings (SSSR count). The monoisotopic (exact) mass is 1070 g/mol. The summed E-state index contributed by atoms with van der Waals surface area (Å²) in [5, 5.41) is 17.8. The third-order valence-corrected chi connectivity index (χ3v) is 16.7. The number of hydrogen-bond donors (Lipinski definition) is 0. The first-order valence-corrected chi connectivity index (χ1v) is 28.9. The average Bonchev–Trinajstić information content (AvgIpc) is 3.65. The molecule has 0 aliphatic rings. The van der Waals surface area contributed by atoms with Gasteiger partial charge in [-0.1, -0.05) is 237 Å². The molecule has 3 aromatic heterocycles. The standard InChI is InChI=1S/C42H27N3.C35H24.CH5P/c1-7-19-37-31(13-1)32-14-2-8-20-38(32)43(37)28-25-29(44-39-21-9-3-15-33(39)34-16-4-10-22-40(34)44)27-30(26-28)45-41-23-11-5-17-35(41)36-18-6-12-24-42(36)45;1-23-14-19-32-33(20-23)35(29-18-16-25-9-3-5-11-27(25)22-29)31-13-7-6-12-30(31)34(32)28-17-15-24-8-2-4-10-26(24)21-28;1-2/h1-27H;2-22H,1H3;2H2,1H3/i;;1T. The van der Waals surface area contributed by atoms with Crippen molar-refractivity contribution >= 4 is 118 Å². The van der Waals surface area contributed by atoms with Crippen molar-refractivity contribution in [3.8, 4) is 39.3 Å². The van der Waals surface area contributed by atoms with Crippen LogP contribution in [0.3, 0.4) is 0 Å². The van der Waals surface area contributed by atoms with Gasteiger partial charge in [-0.25, -0.2) is 0 Å². The van der Waals surface area contributed by atoms with E-state index in [1.54, 1.807) is 0 Å². The average molecular weight is 1070 g/mol. The van der Waals surface area contributed by atoms with Crippen LogP contribution in [0.4, 0.5) is 0 Å². The summed E-state index contributed by atoms with van der Waals surface area (Å²) < 4.78 is 13.5. The van der Waals surface area contributed by atoms with E-state index in [1.807, 2.05) is 0 Å². The molecule has 0 radical (unpaired) electrons. The Hall–Kier alpha value is -10.1. The van der Waals surface area contributed by atoms with Gasteiger partial charge in [0.15, 0.2) is 0 Å². The lowest BCUT2D eigenvalue weighted by Gasteiger charge is -2.19. The zero-order valence-corrected chi connectivity index (χ0v) is 46.5. The Morgan fingerprint density at radius 2 is 0.524 bits per heavy atom. The molecule has 4 heteroatoms. The highest BCUT2D eigenvalue weighted by molar-refractivity contribution is 7.15. The summed E-state index contributed by atoms with van der Waals surface area (Å²) >= 11 is 0. The first kappa shape index (κ1) is 47.9. The molecule has 14 aromatic carbocycles. The summed E-state index contributed by atoms with van der Waals surface area (Å²) in [6, 6.07) is 106. The predicted molar refractivity (Wildman–Crippen MR) is 357 cm³/mol. The van der Waals surface area contributed by atoms with Crippen LogP contribution in [0.15, 0.2) is 291 Å². The Balaban J connectivity index is 0.000000139. The van der Waals surface area contributed by atoms with Crippen LogP contribution < -0.4 is 0 Å². The van der Waals surface area contributed by atoms with Gasteiger partial charge in [0.2, 0.25) is 0 Å². The molecular weight excluding hydrogens is 1010 g/mol. The molecule has 3 nitrogen and oxygen atoms in total. The molecule has 17 aromatic rings. The van der Waals surface area contributed by atoms with Gasteiger partial charge in [-0.15, -0.1) is 9.24 Å². The fourth-order valence-electron chi connectivity index (χ4n) is 13.2. The van der Waals surface area contributed by atoms with Crippen LogP contribution in [0, 0.1) is 6.92 Å². The van der Waals surface area contributed by atoms with E-state index in [2.05, 4.69) is 321 Å². The van der Waals surface area contributed by atoms with Gasteiger partial charge in [0.05, 0.1) is 50.2 Å². The third-order valence-electron chi connectivity index (χ3n) is 16.7. The van der Waals surface area contributed by atoms with E-state index >= 15 is 0 Å². The molecule has 3 heterocycles. The number of nitrogens with zero attached hydrogens (tertiary/aromatic N) is 3. The van der Waals surface area contributed by atoms with Crippen LogP contribution >= 0.6 is 9.24 Å². The van der Waals surface area contributed by atoms with Crippen LogP contribution in [0.25, 0.3) is 148 Å². The number of fused-ring (bicyclic) bond motifs is 13. The van der Waals surface area contributed by atoms with E-state index in [-0.39, 0.29) is 0 Å². The maximum atomic E-state index is 6.17. The minimum atomic E-state index is 0.417. The predicted octanol–water partition coefficient (Wildman–Crippen LogP) is 21.4. The minimum Gasteiger partial charge on any atom is -0.309 e. The molecule has 82 heavy (non-hydrogen) atoms. The van der Waals surface area contributed by atoms with Gasteiger partial charge in [0, 0.05) is 33.7 Å². The third kappa shape index (κ3) is 7.99. The zero-order chi connectivity index (χ0) is 55.5. The number of aromatic nitrogens is 3. The first-order valence-electron chi connectivity index (χ1n) is 28.8. The highest BCUT2D eigenvalue weighted by atomic mass is 31.0. The SMILES string of the molecule is Cc1ccc2c(-c3ccc4ccccc4c3)c3ccccc3c(-c3ccc4ccccc4c3)c2c1.[3H]CP.c1ccc2c(c1)c1ccccc1n2-c1cc(-n2c3ccccc3c3ccccc32)cc(-n2c3ccccc3c3ccccc32)c1. The molecular formula is C78H56N3P. The molecule has 0 bridgehead atoms. The Morgan fingerprint density at radius 3 is 0.866 bits per heavy atom. The molecule has 0 fully saturated rings. The molecule has 388 valence electrons. The van der Waals surface area contributed by atoms with Gasteiger partial charge in [0.25, 0.3) is 0 Å². The van der Waals surface area contributed by atoms with Crippen molar-refractivity contribution in [2.75, 3.05) is 6.64 Å². The summed E-state index contributed by atoms with van der Waals surface area (Å²) in [7, 11) is 2.25. The van der Waals surface area contributed by atoms with E-state index in [0.717, 1.165) is 17.1 Å². The van der Waals surface area contributed by atoms with Crippen molar-refractivity contribution in [1.82, 2.24) is 13.7 Å². The summed E-state index contributed by atoms with van der Waals surface area (Å²) in [5.74, 6) is 0. The zero-order valence-electron chi connectivity index (χ0n) is 46.3. The summed E-state index contributed by atoms with van der Waals surface area (Å²) in [6.07, 6.45) is 0. The molecule has 0 aliphatic heterocycles. The van der Waals surface area contributed by atoms with Crippen LogP contribution in [0.5, 0.6) is 0 Å². The van der Waals surface area contributed by atoms with Crippen LogP contribution in [-0.4, -0.2) is 20.3 Å². The van der Waals surface area contributed by atoms with Crippen molar-refractivity contribution in [2.24, 2.45) is 0 Å². The number of hydrogen-bond acceptors (Lipinski definition) is 0. The fourth-order valence-corrected chi connectivity index (χ4v) is 13.2. The maximum absolute atomic E-state index is 6.17. The number of rotatable bonds is 5. The second-order valence-electron chi connectivity index (χ2n) is 21.3. The first-order chi connectivity index (χ1) is 41.0. The van der Waals surface area contributed by atoms with Gasteiger partial charge in [-0.3, -0.25) is 0 Å². The van der Waals surface area contributed by atoms with Gasteiger partial charge in [-0.05, 0) is 139 Å². The summed E-state index contributed by atoms with van der Waals surface area (Å²) in [5.41, 5.74) is 17.0. The second-order valence-corrected chi connectivity index (χ2v) is 21.3. The molecule has 1 unspecified atom stereocenters. The molecule has 0 N–H and O–H groups in total. The number of benzene rings is 14. The highest BCUT2D eigenvalue weighted by Gasteiger charge is 2.21. The molecule has 1 atom stereocenters. The van der Waals surface area contributed by atoms with E-state index in [1.165, 1.54) is 136 Å². The largest absolute Gasteiger partial charge is 0.309 e. The molecule has 0 spiro atoms. The smallest absolute Gasteiger partial charge is 0.0541 e. The minimum absolute atomic E-state index is 0.417. The van der Waals surface area contributed by atoms with Crippen molar-refractivity contribution in [3.05, 3.63) is 297 Å². The van der Waals surface area contributed by atoms with Crippen molar-refractivity contribution in [1.29, 1.82) is 0 Å². The Labute approximate surface area is 479 Å². The molecule has 0 saturated carbocycles. The summed E-state index contributed by atoms with van der Waals surface area (Å²) in [4.78, 5) is 0. The van der Waals surface area contributed by atoms with Crippen LogP contribution in [-0.2, 0) is 0 Å². The quantitative estimate of drug-likeness (QED) is 0.121. The second kappa shape index (κ2) is 20.2. The molecule has 0 amide bonds.